The average molecular weight is 288 g/mol. The van der Waals surface area contributed by atoms with Crippen molar-refractivity contribution in [3.8, 4) is 0 Å². The Kier molecular flexibility index (Phi) is 4.38. The number of halogens is 2. The first-order valence-corrected chi connectivity index (χ1v) is 6.89. The lowest BCUT2D eigenvalue weighted by Gasteiger charge is -2.38. The first-order chi connectivity index (χ1) is 8.47. The van der Waals surface area contributed by atoms with Gasteiger partial charge in [0.25, 0.3) is 0 Å². The molecule has 1 aromatic carbocycles. The second kappa shape index (κ2) is 5.66. The second-order valence-electron chi connectivity index (χ2n) is 5.05. The molecule has 0 spiro atoms. The highest BCUT2D eigenvalue weighted by Crippen LogP contribution is 2.29. The van der Waals surface area contributed by atoms with E-state index in [2.05, 4.69) is 23.8 Å². The van der Waals surface area contributed by atoms with Crippen molar-refractivity contribution in [1.29, 1.82) is 0 Å². The summed E-state index contributed by atoms with van der Waals surface area (Å²) in [6.45, 7) is 6.37. The summed E-state index contributed by atoms with van der Waals surface area (Å²) in [5.41, 5.74) is 7.33. The van der Waals surface area contributed by atoms with Gasteiger partial charge in [0.05, 0.1) is 15.7 Å². The van der Waals surface area contributed by atoms with E-state index in [0.717, 1.165) is 31.7 Å². The Hall–Kier alpha value is -0.480. The van der Waals surface area contributed by atoms with Gasteiger partial charge < -0.3 is 10.6 Å². The quantitative estimate of drug-likeness (QED) is 0.849. The third-order valence-corrected chi connectivity index (χ3v) is 4.12. The fourth-order valence-electron chi connectivity index (χ4n) is 2.37. The van der Waals surface area contributed by atoms with Gasteiger partial charge in [-0.2, -0.15) is 0 Å². The van der Waals surface area contributed by atoms with Crippen molar-refractivity contribution in [3.63, 3.8) is 0 Å². The first kappa shape index (κ1) is 13.9. The lowest BCUT2D eigenvalue weighted by molar-refractivity contribution is 0.0938. The second-order valence-corrected chi connectivity index (χ2v) is 5.87. The van der Waals surface area contributed by atoms with Crippen LogP contribution in [0.15, 0.2) is 12.1 Å². The van der Waals surface area contributed by atoms with E-state index in [-0.39, 0.29) is 0 Å². The Labute approximate surface area is 118 Å². The van der Waals surface area contributed by atoms with Gasteiger partial charge in [-0.3, -0.25) is 4.90 Å². The minimum atomic E-state index is 0.466. The molecule has 18 heavy (non-hydrogen) atoms. The van der Waals surface area contributed by atoms with E-state index in [1.54, 1.807) is 0 Å². The molecule has 1 heterocycles. The summed E-state index contributed by atoms with van der Waals surface area (Å²) in [7, 11) is 2.16. The summed E-state index contributed by atoms with van der Waals surface area (Å²) in [4.78, 5) is 4.79. The van der Waals surface area contributed by atoms with Crippen LogP contribution in [0, 0.1) is 0 Å². The smallest absolute Gasteiger partial charge is 0.0693 e. The van der Waals surface area contributed by atoms with Crippen molar-refractivity contribution in [3.05, 3.63) is 27.7 Å². The topological polar surface area (TPSA) is 32.5 Å². The van der Waals surface area contributed by atoms with Crippen LogP contribution in [0.1, 0.15) is 12.5 Å². The van der Waals surface area contributed by atoms with Crippen LogP contribution in [-0.4, -0.2) is 42.5 Å². The van der Waals surface area contributed by atoms with Crippen LogP contribution in [0.3, 0.4) is 0 Å². The maximum Gasteiger partial charge on any atom is 0.0693 e. The monoisotopic (exact) mass is 287 g/mol. The van der Waals surface area contributed by atoms with E-state index in [4.69, 9.17) is 28.9 Å². The van der Waals surface area contributed by atoms with Gasteiger partial charge in [-0.1, -0.05) is 23.2 Å². The zero-order valence-electron chi connectivity index (χ0n) is 10.8. The summed E-state index contributed by atoms with van der Waals surface area (Å²) in [6, 6.07) is 4.36. The number of anilines is 1. The number of nitrogens with zero attached hydrogens (tertiary/aromatic N) is 2. The van der Waals surface area contributed by atoms with Crippen molar-refractivity contribution in [2.45, 2.75) is 19.5 Å². The molecule has 1 aromatic rings. The molecule has 1 aliphatic rings. The molecule has 0 aromatic heterocycles. The van der Waals surface area contributed by atoms with Gasteiger partial charge in [-0.25, -0.2) is 0 Å². The number of hydrogen-bond acceptors (Lipinski definition) is 3. The molecule has 1 aliphatic heterocycles. The van der Waals surface area contributed by atoms with E-state index in [1.165, 1.54) is 0 Å². The number of nitrogens with two attached hydrogens (primary N) is 1. The summed E-state index contributed by atoms with van der Waals surface area (Å²) < 4.78 is 0. The van der Waals surface area contributed by atoms with Gasteiger partial charge in [-0.15, -0.1) is 0 Å². The van der Waals surface area contributed by atoms with Gasteiger partial charge >= 0.3 is 0 Å². The van der Waals surface area contributed by atoms with E-state index in [9.17, 15) is 0 Å². The largest absolute Gasteiger partial charge is 0.396 e. The van der Waals surface area contributed by atoms with Crippen molar-refractivity contribution >= 4 is 28.9 Å². The predicted molar refractivity (Wildman–Crippen MR) is 78.2 cm³/mol. The molecule has 5 heteroatoms. The van der Waals surface area contributed by atoms with Crippen LogP contribution in [0.5, 0.6) is 0 Å². The molecular formula is C13H19Cl2N3. The molecule has 0 bridgehead atoms. The molecular weight excluding hydrogens is 269 g/mol. The fourth-order valence-corrected chi connectivity index (χ4v) is 2.91. The fraction of sp³-hybridized carbons (Fsp3) is 0.538. The molecule has 0 amide bonds. The molecule has 100 valence electrons. The van der Waals surface area contributed by atoms with Gasteiger partial charge in [-0.05, 0) is 31.7 Å². The number of piperazine rings is 1. The van der Waals surface area contributed by atoms with E-state index < -0.39 is 0 Å². The standard InChI is InChI=1S/C13H19Cl2N3/c1-9-7-17(2)3-4-18(9)8-10-5-11(14)13(16)12(15)6-10/h5-6,9H,3-4,7-8,16H2,1-2H3. The number of hydrogen-bond donors (Lipinski definition) is 1. The van der Waals surface area contributed by atoms with Crippen molar-refractivity contribution < 1.29 is 0 Å². The van der Waals surface area contributed by atoms with Crippen LogP contribution in [0.4, 0.5) is 5.69 Å². The van der Waals surface area contributed by atoms with Crippen LogP contribution in [-0.2, 0) is 6.54 Å². The third-order valence-electron chi connectivity index (χ3n) is 3.49. The molecule has 0 saturated carbocycles. The number of benzene rings is 1. The maximum absolute atomic E-state index is 6.06. The molecule has 0 aliphatic carbocycles. The minimum Gasteiger partial charge on any atom is -0.396 e. The van der Waals surface area contributed by atoms with Crippen LogP contribution >= 0.6 is 23.2 Å². The Balaban J connectivity index is 2.10. The molecule has 1 atom stereocenters. The molecule has 0 radical (unpaired) electrons. The number of likely N-dealkylation sites (N-methyl/N-ethyl adjacent to an activating group) is 1. The zero-order chi connectivity index (χ0) is 13.3. The Bertz CT molecular complexity index is 413. The van der Waals surface area contributed by atoms with E-state index in [0.29, 0.717) is 21.8 Å². The molecule has 2 rings (SSSR count). The molecule has 3 nitrogen and oxygen atoms in total. The van der Waals surface area contributed by atoms with Gasteiger partial charge in [0.1, 0.15) is 0 Å². The zero-order valence-corrected chi connectivity index (χ0v) is 12.3. The summed E-state index contributed by atoms with van der Waals surface area (Å²) >= 11 is 12.1. The van der Waals surface area contributed by atoms with Crippen molar-refractivity contribution in [2.24, 2.45) is 0 Å². The lowest BCUT2D eigenvalue weighted by atomic mass is 10.1. The highest BCUT2D eigenvalue weighted by atomic mass is 35.5. The average Bonchev–Trinajstić information content (AvgIpc) is 2.29. The SMILES string of the molecule is CC1CN(C)CCN1Cc1cc(Cl)c(N)c(Cl)c1. The molecule has 2 N–H and O–H groups in total. The van der Waals surface area contributed by atoms with Crippen LogP contribution < -0.4 is 5.73 Å². The Morgan fingerprint density at radius 2 is 1.89 bits per heavy atom. The predicted octanol–water partition coefficient (Wildman–Crippen LogP) is 2.71. The first-order valence-electron chi connectivity index (χ1n) is 6.13. The Morgan fingerprint density at radius 3 is 2.44 bits per heavy atom. The minimum absolute atomic E-state index is 0.466. The molecule has 1 unspecified atom stereocenters. The number of nitrogen functional groups attached to an aromatic ring is 1. The van der Waals surface area contributed by atoms with Gasteiger partial charge in [0, 0.05) is 32.2 Å². The third kappa shape index (κ3) is 3.09. The normalized spacial score (nSPS) is 22.3. The molecule has 1 saturated heterocycles. The van der Waals surface area contributed by atoms with E-state index >= 15 is 0 Å². The van der Waals surface area contributed by atoms with E-state index in [1.807, 2.05) is 12.1 Å². The highest BCUT2D eigenvalue weighted by Gasteiger charge is 2.21. The maximum atomic E-state index is 6.06. The van der Waals surface area contributed by atoms with Gasteiger partial charge in [0.15, 0.2) is 0 Å². The summed E-state index contributed by atoms with van der Waals surface area (Å²) in [5.74, 6) is 0. The number of rotatable bonds is 2. The lowest BCUT2D eigenvalue weighted by Crippen LogP contribution is -2.49. The van der Waals surface area contributed by atoms with Crippen molar-refractivity contribution in [2.75, 3.05) is 32.4 Å². The van der Waals surface area contributed by atoms with Crippen LogP contribution in [0.2, 0.25) is 10.0 Å². The van der Waals surface area contributed by atoms with Gasteiger partial charge in [0.2, 0.25) is 0 Å². The molecule has 1 fully saturated rings. The summed E-state index contributed by atoms with van der Waals surface area (Å²) in [5, 5.41) is 1.08. The highest BCUT2D eigenvalue weighted by molar-refractivity contribution is 6.38. The van der Waals surface area contributed by atoms with Crippen LogP contribution in [0.25, 0.3) is 0 Å². The summed E-state index contributed by atoms with van der Waals surface area (Å²) in [6.07, 6.45) is 0. The van der Waals surface area contributed by atoms with Crippen molar-refractivity contribution in [1.82, 2.24) is 9.80 Å². The Morgan fingerprint density at radius 1 is 1.28 bits per heavy atom.